The van der Waals surface area contributed by atoms with Crippen LogP contribution in [0.15, 0.2) is 72.1 Å². The van der Waals surface area contributed by atoms with Gasteiger partial charge in [-0.25, -0.2) is 14.7 Å². The van der Waals surface area contributed by atoms with E-state index in [4.69, 9.17) is 23.1 Å². The van der Waals surface area contributed by atoms with E-state index in [-0.39, 0.29) is 10.9 Å². The van der Waals surface area contributed by atoms with Gasteiger partial charge < -0.3 is 10.5 Å². The van der Waals surface area contributed by atoms with Gasteiger partial charge in [-0.2, -0.15) is 5.10 Å². The highest BCUT2D eigenvalue weighted by molar-refractivity contribution is 7.80. The first kappa shape index (κ1) is 25.4. The first-order valence-electron chi connectivity index (χ1n) is 11.7. The third-order valence-electron chi connectivity index (χ3n) is 6.14. The Morgan fingerprint density at radius 3 is 2.50 bits per heavy atom. The number of ether oxygens (including phenoxy) is 1. The number of aromatic nitrogens is 3. The minimum atomic E-state index is -4.74. The van der Waals surface area contributed by atoms with Crippen molar-refractivity contribution in [3.05, 3.63) is 89.2 Å². The van der Waals surface area contributed by atoms with Crippen molar-refractivity contribution in [2.24, 2.45) is 10.8 Å². The van der Waals surface area contributed by atoms with E-state index in [0.717, 1.165) is 52.1 Å². The van der Waals surface area contributed by atoms with E-state index in [9.17, 15) is 13.2 Å². The van der Waals surface area contributed by atoms with Crippen LogP contribution < -0.4 is 15.5 Å². The molecule has 1 aliphatic rings. The van der Waals surface area contributed by atoms with Crippen LogP contribution in [0.3, 0.4) is 0 Å². The average molecular weight is 537 g/mol. The molecule has 1 aromatic heterocycles. The zero-order valence-electron chi connectivity index (χ0n) is 20.5. The van der Waals surface area contributed by atoms with E-state index >= 15 is 0 Å². The molecule has 7 nitrogen and oxygen atoms in total. The highest BCUT2D eigenvalue weighted by Crippen LogP contribution is 2.30. The van der Waals surface area contributed by atoms with Crippen LogP contribution in [0.2, 0.25) is 0 Å². The van der Waals surface area contributed by atoms with E-state index in [1.807, 2.05) is 44.2 Å². The molecule has 194 valence electrons. The van der Waals surface area contributed by atoms with Gasteiger partial charge in [-0.05, 0) is 86.4 Å². The van der Waals surface area contributed by atoms with Crippen LogP contribution in [0.1, 0.15) is 28.7 Å². The number of hydrogen-bond acceptors (Lipinski definition) is 5. The summed E-state index contributed by atoms with van der Waals surface area (Å²) in [6, 6.07) is 17.4. The van der Waals surface area contributed by atoms with E-state index in [1.165, 1.54) is 35.3 Å². The van der Waals surface area contributed by atoms with Gasteiger partial charge in [0.05, 0.1) is 17.1 Å². The second-order valence-corrected chi connectivity index (χ2v) is 9.33. The lowest BCUT2D eigenvalue weighted by Gasteiger charge is -2.20. The summed E-state index contributed by atoms with van der Waals surface area (Å²) in [6.07, 6.45) is -1.70. The topological polar surface area (TPSA) is 81.6 Å². The molecule has 2 N–H and O–H groups in total. The fourth-order valence-corrected chi connectivity index (χ4v) is 4.56. The van der Waals surface area contributed by atoms with Gasteiger partial charge in [-0.1, -0.05) is 29.8 Å². The Morgan fingerprint density at radius 1 is 1.05 bits per heavy atom. The van der Waals surface area contributed by atoms with Gasteiger partial charge in [0.15, 0.2) is 10.9 Å². The maximum atomic E-state index is 12.4. The largest absolute Gasteiger partial charge is 0.573 e. The quantitative estimate of drug-likeness (QED) is 0.255. The number of alkyl halides is 3. The fourth-order valence-electron chi connectivity index (χ4n) is 4.42. The summed E-state index contributed by atoms with van der Waals surface area (Å²) < 4.78 is 42.6. The predicted octanol–water partition coefficient (Wildman–Crippen LogP) is 5.85. The van der Waals surface area contributed by atoms with Crippen molar-refractivity contribution in [2.75, 3.05) is 5.01 Å². The van der Waals surface area contributed by atoms with E-state index in [2.05, 4.69) is 20.9 Å². The molecule has 1 heterocycles. The molecule has 38 heavy (non-hydrogen) atoms. The summed E-state index contributed by atoms with van der Waals surface area (Å²) in [5, 5.41) is 11.1. The Kier molecular flexibility index (Phi) is 6.62. The molecule has 0 amide bonds. The third-order valence-corrected chi connectivity index (χ3v) is 6.32. The summed E-state index contributed by atoms with van der Waals surface area (Å²) in [5.74, 6) is 0.193. The number of benzene rings is 3. The van der Waals surface area contributed by atoms with E-state index in [1.54, 1.807) is 5.01 Å². The third kappa shape index (κ3) is 5.37. The molecule has 11 heteroatoms. The van der Waals surface area contributed by atoms with Crippen molar-refractivity contribution >= 4 is 28.7 Å². The van der Waals surface area contributed by atoms with Crippen LogP contribution in [-0.4, -0.2) is 32.0 Å². The van der Waals surface area contributed by atoms with Crippen LogP contribution in [-0.2, 0) is 6.42 Å². The first-order chi connectivity index (χ1) is 18.1. The molecule has 4 aromatic rings. The molecule has 0 saturated carbocycles. The standard InChI is InChI=1S/C27H23F3N6OS/c1-16-3-12-24(17(2)13-16)36(26(31)38)33-23-11-5-18-14-19(4-10-22(18)23)25-32-15-35(34-25)20-6-8-21(9-7-20)37-27(28,29)30/h3-4,6-10,12-15H,5,11H2,1-2H3,(H2,31,38)/b33-23+. The lowest BCUT2D eigenvalue weighted by Crippen LogP contribution is -2.32. The van der Waals surface area contributed by atoms with Gasteiger partial charge in [0.25, 0.3) is 0 Å². The fraction of sp³-hybridized carbons (Fsp3) is 0.185. The zero-order valence-corrected chi connectivity index (χ0v) is 21.3. The van der Waals surface area contributed by atoms with Gasteiger partial charge in [-0.15, -0.1) is 18.3 Å². The smallest absolute Gasteiger partial charge is 0.406 e. The van der Waals surface area contributed by atoms with Gasteiger partial charge >= 0.3 is 6.36 Å². The Morgan fingerprint density at radius 2 is 1.82 bits per heavy atom. The minimum absolute atomic E-state index is 0.169. The van der Waals surface area contributed by atoms with Crippen LogP contribution in [0.4, 0.5) is 18.9 Å². The lowest BCUT2D eigenvalue weighted by atomic mass is 10.1. The van der Waals surface area contributed by atoms with Gasteiger partial charge in [-0.3, -0.25) is 0 Å². The molecule has 0 saturated heterocycles. The van der Waals surface area contributed by atoms with Crippen molar-refractivity contribution in [3.8, 4) is 22.8 Å². The predicted molar refractivity (Wildman–Crippen MR) is 144 cm³/mol. The number of hydrogen-bond donors (Lipinski definition) is 1. The van der Waals surface area contributed by atoms with E-state index in [0.29, 0.717) is 11.5 Å². The van der Waals surface area contributed by atoms with Gasteiger partial charge in [0, 0.05) is 11.1 Å². The molecule has 3 aromatic carbocycles. The van der Waals surface area contributed by atoms with E-state index < -0.39 is 6.36 Å². The molecule has 0 fully saturated rings. The number of thiocarbonyl (C=S) groups is 1. The molecule has 0 unspecified atom stereocenters. The Bertz CT molecular complexity index is 1550. The highest BCUT2D eigenvalue weighted by Gasteiger charge is 2.31. The SMILES string of the molecule is Cc1ccc(N(/N=C2\CCc3cc(-c4ncn(-c5ccc(OC(F)(F)F)cc5)n4)ccc32)C(N)=S)c(C)c1. The highest BCUT2D eigenvalue weighted by atomic mass is 32.1. The second-order valence-electron chi connectivity index (χ2n) is 8.91. The molecule has 0 atom stereocenters. The number of halogens is 3. The summed E-state index contributed by atoms with van der Waals surface area (Å²) in [5.41, 5.74) is 13.4. The number of fused-ring (bicyclic) bond motifs is 1. The Hall–Kier alpha value is -4.25. The van der Waals surface area contributed by atoms with Crippen LogP contribution >= 0.6 is 12.2 Å². The second kappa shape index (κ2) is 9.90. The molecule has 5 rings (SSSR count). The van der Waals surface area contributed by atoms with Crippen molar-refractivity contribution in [1.82, 2.24) is 14.8 Å². The average Bonchev–Trinajstić information content (AvgIpc) is 3.50. The summed E-state index contributed by atoms with van der Waals surface area (Å²) in [7, 11) is 0. The number of anilines is 1. The van der Waals surface area contributed by atoms with Crippen molar-refractivity contribution in [3.63, 3.8) is 0 Å². The summed E-state index contributed by atoms with van der Waals surface area (Å²) in [6.45, 7) is 4.03. The van der Waals surface area contributed by atoms with Crippen LogP contribution in [0.25, 0.3) is 17.1 Å². The summed E-state index contributed by atoms with van der Waals surface area (Å²) >= 11 is 5.30. The molecule has 0 radical (unpaired) electrons. The maximum Gasteiger partial charge on any atom is 0.573 e. The molecular formula is C27H23F3N6OS. The molecule has 0 spiro atoms. The number of nitrogens with zero attached hydrogens (tertiary/aromatic N) is 5. The van der Waals surface area contributed by atoms with Gasteiger partial charge in [0.2, 0.25) is 0 Å². The number of nitrogens with two attached hydrogens (primary N) is 1. The van der Waals surface area contributed by atoms with Crippen molar-refractivity contribution in [2.45, 2.75) is 33.1 Å². The summed E-state index contributed by atoms with van der Waals surface area (Å²) in [4.78, 5) is 4.39. The molecule has 1 aliphatic carbocycles. The van der Waals surface area contributed by atoms with Crippen molar-refractivity contribution < 1.29 is 17.9 Å². The number of aryl methyl sites for hydroxylation is 3. The first-order valence-corrected chi connectivity index (χ1v) is 12.1. The van der Waals surface area contributed by atoms with Crippen molar-refractivity contribution in [1.29, 1.82) is 0 Å². The Balaban J connectivity index is 1.38. The molecule has 0 aliphatic heterocycles. The zero-order chi connectivity index (χ0) is 27.0. The van der Waals surface area contributed by atoms with Gasteiger partial charge in [0.1, 0.15) is 12.1 Å². The van der Waals surface area contributed by atoms with Crippen LogP contribution in [0.5, 0.6) is 5.75 Å². The lowest BCUT2D eigenvalue weighted by molar-refractivity contribution is -0.274. The minimum Gasteiger partial charge on any atom is -0.406 e. The number of hydrazone groups is 1. The van der Waals surface area contributed by atoms with Crippen LogP contribution in [0, 0.1) is 13.8 Å². The number of rotatable bonds is 5. The maximum absolute atomic E-state index is 12.4. The Labute approximate surface area is 222 Å². The monoisotopic (exact) mass is 536 g/mol. The normalized spacial score (nSPS) is 14.0. The molecular weight excluding hydrogens is 513 g/mol. The molecule has 0 bridgehead atoms.